The van der Waals surface area contributed by atoms with Crippen LogP contribution in [0.4, 0.5) is 0 Å². The molecule has 0 saturated heterocycles. The first kappa shape index (κ1) is 15.4. The summed E-state index contributed by atoms with van der Waals surface area (Å²) in [6.45, 7) is 3.85. The van der Waals surface area contributed by atoms with Gasteiger partial charge in [0.1, 0.15) is 5.76 Å². The number of ether oxygens (including phenoxy) is 1. The molecule has 1 aliphatic carbocycles. The van der Waals surface area contributed by atoms with Crippen LogP contribution in [0.1, 0.15) is 46.0 Å². The number of carbonyl (C=O) groups is 2. The molecule has 19 heavy (non-hydrogen) atoms. The predicted octanol–water partition coefficient (Wildman–Crippen LogP) is 2.35. The Bertz CT molecular complexity index is 421. The Balaban J connectivity index is 2.94. The molecule has 1 N–H and O–H groups in total. The van der Waals surface area contributed by atoms with Gasteiger partial charge in [0, 0.05) is 24.6 Å². The summed E-state index contributed by atoms with van der Waals surface area (Å²) in [7, 11) is 1.30. The average Bonchev–Trinajstić information content (AvgIpc) is 2.35. The lowest BCUT2D eigenvalue weighted by Gasteiger charge is -2.18. The summed E-state index contributed by atoms with van der Waals surface area (Å²) in [6.07, 6.45) is 2.06. The van der Waals surface area contributed by atoms with E-state index in [0.29, 0.717) is 24.1 Å². The minimum atomic E-state index is -0.405. The van der Waals surface area contributed by atoms with Crippen LogP contribution < -0.4 is 0 Å². The highest BCUT2D eigenvalue weighted by molar-refractivity contribution is 6.24. The summed E-state index contributed by atoms with van der Waals surface area (Å²) in [5.74, 6) is -0.541. The fourth-order valence-electron chi connectivity index (χ4n) is 2.04. The van der Waals surface area contributed by atoms with E-state index in [-0.39, 0.29) is 30.4 Å². The zero-order valence-corrected chi connectivity index (χ0v) is 11.7. The summed E-state index contributed by atoms with van der Waals surface area (Å²) in [6, 6.07) is 0.0734. The maximum Gasteiger partial charge on any atom is 0.305 e. The van der Waals surface area contributed by atoms with E-state index < -0.39 is 5.97 Å². The van der Waals surface area contributed by atoms with E-state index >= 15 is 0 Å². The molecule has 1 saturated carbocycles. The van der Waals surface area contributed by atoms with E-state index in [0.717, 1.165) is 6.42 Å². The Morgan fingerprint density at radius 1 is 1.37 bits per heavy atom. The van der Waals surface area contributed by atoms with Crippen LogP contribution in [-0.4, -0.2) is 35.7 Å². The van der Waals surface area contributed by atoms with Crippen molar-refractivity contribution in [2.45, 2.75) is 52.0 Å². The van der Waals surface area contributed by atoms with Crippen LogP contribution >= 0.6 is 0 Å². The van der Waals surface area contributed by atoms with Gasteiger partial charge in [0.2, 0.25) is 0 Å². The van der Waals surface area contributed by atoms with Crippen molar-refractivity contribution >= 4 is 17.5 Å². The van der Waals surface area contributed by atoms with Crippen LogP contribution in [0.15, 0.2) is 16.3 Å². The topological polar surface area (TPSA) is 76.0 Å². The standard InChI is InChI=1S/C14H21NO4/c1-9(2)15-10-5-4-6-11(16)14(10)12(17)7-8-13(18)19-3/h9,17H,4-8H2,1-3H3/b14-12+,15-10?. The molecule has 0 radical (unpaired) electrons. The van der Waals surface area contributed by atoms with Gasteiger partial charge in [0.05, 0.1) is 19.1 Å². The van der Waals surface area contributed by atoms with Crippen LogP contribution in [0.25, 0.3) is 0 Å². The van der Waals surface area contributed by atoms with Gasteiger partial charge in [0.25, 0.3) is 0 Å². The number of aliphatic hydroxyl groups excluding tert-OH is 1. The smallest absolute Gasteiger partial charge is 0.305 e. The number of carbonyl (C=O) groups excluding carboxylic acids is 2. The molecule has 0 atom stereocenters. The minimum Gasteiger partial charge on any atom is -0.511 e. The molecule has 0 bridgehead atoms. The quantitative estimate of drug-likeness (QED) is 0.482. The first-order chi connectivity index (χ1) is 8.95. The van der Waals surface area contributed by atoms with Gasteiger partial charge in [-0.15, -0.1) is 0 Å². The van der Waals surface area contributed by atoms with E-state index in [4.69, 9.17) is 0 Å². The molecule has 5 nitrogen and oxygen atoms in total. The number of Topliss-reactive ketones (excluding diaryl/α,β-unsaturated/α-hetero) is 1. The molecule has 1 aliphatic rings. The maximum absolute atomic E-state index is 11.9. The molecule has 0 unspecified atom stereocenters. The van der Waals surface area contributed by atoms with Crippen LogP contribution in [0.2, 0.25) is 0 Å². The summed E-state index contributed by atoms with van der Waals surface area (Å²) in [4.78, 5) is 27.4. The molecule has 106 valence electrons. The van der Waals surface area contributed by atoms with Crippen LogP contribution in [0.5, 0.6) is 0 Å². The largest absolute Gasteiger partial charge is 0.511 e. The number of hydrogen-bond donors (Lipinski definition) is 1. The molecule has 0 amide bonds. The van der Waals surface area contributed by atoms with Crippen LogP contribution in [0, 0.1) is 0 Å². The molecule has 0 spiro atoms. The van der Waals surface area contributed by atoms with E-state index in [1.165, 1.54) is 7.11 Å². The third-order valence-electron chi connectivity index (χ3n) is 2.88. The number of aliphatic imine (C=N–C) groups is 1. The second-order valence-corrected chi connectivity index (χ2v) is 4.84. The van der Waals surface area contributed by atoms with Gasteiger partial charge in [-0.1, -0.05) is 0 Å². The van der Waals surface area contributed by atoms with Crippen molar-refractivity contribution in [3.63, 3.8) is 0 Å². The lowest BCUT2D eigenvalue weighted by molar-refractivity contribution is -0.140. The maximum atomic E-state index is 11.9. The molecular weight excluding hydrogens is 246 g/mol. The number of hydrogen-bond acceptors (Lipinski definition) is 5. The molecule has 0 aliphatic heterocycles. The Kier molecular flexibility index (Phi) is 5.73. The van der Waals surface area contributed by atoms with Crippen molar-refractivity contribution in [1.82, 2.24) is 0 Å². The molecule has 0 aromatic rings. The van der Waals surface area contributed by atoms with Crippen molar-refractivity contribution in [2.24, 2.45) is 4.99 Å². The summed E-state index contributed by atoms with van der Waals surface area (Å²) >= 11 is 0. The number of esters is 1. The lowest BCUT2D eigenvalue weighted by atomic mass is 9.89. The highest BCUT2D eigenvalue weighted by Crippen LogP contribution is 2.23. The number of allylic oxidation sites excluding steroid dienone is 2. The van der Waals surface area contributed by atoms with Crippen LogP contribution in [-0.2, 0) is 14.3 Å². The van der Waals surface area contributed by atoms with Crippen molar-refractivity contribution in [1.29, 1.82) is 0 Å². The predicted molar refractivity (Wildman–Crippen MR) is 72.3 cm³/mol. The fourth-order valence-corrected chi connectivity index (χ4v) is 2.04. The molecule has 0 aromatic carbocycles. The fraction of sp³-hybridized carbons (Fsp3) is 0.643. The van der Waals surface area contributed by atoms with Gasteiger partial charge >= 0.3 is 5.97 Å². The number of rotatable bonds is 4. The van der Waals surface area contributed by atoms with Gasteiger partial charge in [-0.05, 0) is 26.7 Å². The number of nitrogens with zero attached hydrogens (tertiary/aromatic N) is 1. The SMILES string of the molecule is COC(=O)CC/C(O)=C1\C(=O)CCCC1=NC(C)C. The number of methoxy groups -OCH3 is 1. The molecule has 0 aromatic heterocycles. The molecule has 1 rings (SSSR count). The van der Waals surface area contributed by atoms with E-state index in [1.807, 2.05) is 13.8 Å². The van der Waals surface area contributed by atoms with Gasteiger partial charge in [-0.3, -0.25) is 14.6 Å². The molecule has 0 heterocycles. The third-order valence-corrected chi connectivity index (χ3v) is 2.88. The molecule has 1 fully saturated rings. The zero-order valence-electron chi connectivity index (χ0n) is 11.7. The van der Waals surface area contributed by atoms with Crippen molar-refractivity contribution in [3.8, 4) is 0 Å². The number of aliphatic hydroxyl groups is 1. The van der Waals surface area contributed by atoms with Crippen molar-refractivity contribution in [3.05, 3.63) is 11.3 Å². The Labute approximate surface area is 113 Å². The van der Waals surface area contributed by atoms with Gasteiger partial charge < -0.3 is 9.84 Å². The van der Waals surface area contributed by atoms with Crippen molar-refractivity contribution in [2.75, 3.05) is 7.11 Å². The summed E-state index contributed by atoms with van der Waals surface area (Å²) in [5.41, 5.74) is 0.970. The molecule has 5 heteroatoms. The average molecular weight is 267 g/mol. The highest BCUT2D eigenvalue weighted by atomic mass is 16.5. The van der Waals surface area contributed by atoms with Crippen LogP contribution in [0.3, 0.4) is 0 Å². The van der Waals surface area contributed by atoms with Gasteiger partial charge in [0.15, 0.2) is 5.78 Å². The second kappa shape index (κ2) is 7.07. The normalized spacial score (nSPS) is 20.8. The van der Waals surface area contributed by atoms with E-state index in [1.54, 1.807) is 0 Å². The Morgan fingerprint density at radius 3 is 2.63 bits per heavy atom. The Morgan fingerprint density at radius 2 is 2.05 bits per heavy atom. The summed E-state index contributed by atoms with van der Waals surface area (Å²) in [5, 5.41) is 10.0. The first-order valence-electron chi connectivity index (χ1n) is 6.54. The zero-order chi connectivity index (χ0) is 14.4. The Hall–Kier alpha value is -1.65. The first-order valence-corrected chi connectivity index (χ1v) is 6.54. The van der Waals surface area contributed by atoms with E-state index in [2.05, 4.69) is 9.73 Å². The van der Waals surface area contributed by atoms with Gasteiger partial charge in [-0.25, -0.2) is 0 Å². The number of ketones is 1. The monoisotopic (exact) mass is 267 g/mol. The lowest BCUT2D eigenvalue weighted by Crippen LogP contribution is -2.22. The summed E-state index contributed by atoms with van der Waals surface area (Å²) < 4.78 is 4.52. The molecular formula is C14H21NO4. The second-order valence-electron chi connectivity index (χ2n) is 4.84. The third kappa shape index (κ3) is 4.50. The van der Waals surface area contributed by atoms with E-state index in [9.17, 15) is 14.7 Å². The van der Waals surface area contributed by atoms with Gasteiger partial charge in [-0.2, -0.15) is 0 Å². The van der Waals surface area contributed by atoms with Crippen molar-refractivity contribution < 1.29 is 19.4 Å². The highest BCUT2D eigenvalue weighted by Gasteiger charge is 2.25. The minimum absolute atomic E-state index is 0.0468.